The molecule has 0 saturated carbocycles. The highest BCUT2D eigenvalue weighted by atomic mass is 32.2. The normalized spacial score (nSPS) is 10.8. The monoisotopic (exact) mass is 283 g/mol. The van der Waals surface area contributed by atoms with Gasteiger partial charge in [-0.1, -0.05) is 11.8 Å². The van der Waals surface area contributed by atoms with Gasteiger partial charge in [0.15, 0.2) is 11.0 Å². The average molecular weight is 283 g/mol. The summed E-state index contributed by atoms with van der Waals surface area (Å²) in [7, 11) is 1.77. The summed E-state index contributed by atoms with van der Waals surface area (Å²) in [4.78, 5) is 17.2. The van der Waals surface area contributed by atoms with Crippen molar-refractivity contribution in [3.8, 4) is 10.7 Å². The van der Waals surface area contributed by atoms with Crippen LogP contribution in [0.4, 0.5) is 0 Å². The third-order valence-corrected chi connectivity index (χ3v) is 4.59. The quantitative estimate of drug-likeness (QED) is 0.872. The first-order valence-corrected chi connectivity index (χ1v) is 7.10. The van der Waals surface area contributed by atoms with Gasteiger partial charge in [0, 0.05) is 11.9 Å². The van der Waals surface area contributed by atoms with Crippen LogP contribution in [0.25, 0.3) is 10.7 Å². The fourth-order valence-corrected chi connectivity index (χ4v) is 3.00. The molecular weight excluding hydrogens is 270 g/mol. The van der Waals surface area contributed by atoms with Crippen molar-refractivity contribution in [3.63, 3.8) is 0 Å². The van der Waals surface area contributed by atoms with E-state index in [1.807, 2.05) is 0 Å². The third-order valence-electron chi connectivity index (χ3n) is 2.43. The highest BCUT2D eigenvalue weighted by Crippen LogP contribution is 2.29. The number of aryl methyl sites for hydroxylation is 3. The van der Waals surface area contributed by atoms with Crippen LogP contribution in [-0.2, 0) is 11.8 Å². The van der Waals surface area contributed by atoms with E-state index in [0.717, 1.165) is 4.88 Å². The molecule has 0 aromatic carbocycles. The molecular formula is C11H13N3O2S2. The topological polar surface area (TPSA) is 68.0 Å². The van der Waals surface area contributed by atoms with Gasteiger partial charge >= 0.3 is 5.97 Å². The molecule has 2 heterocycles. The van der Waals surface area contributed by atoms with E-state index in [9.17, 15) is 4.79 Å². The number of thiophene rings is 1. The van der Waals surface area contributed by atoms with Gasteiger partial charge in [0.25, 0.3) is 0 Å². The molecule has 0 radical (unpaired) electrons. The maximum Gasteiger partial charge on any atom is 0.313 e. The van der Waals surface area contributed by atoms with Crippen molar-refractivity contribution < 1.29 is 9.90 Å². The predicted octanol–water partition coefficient (Wildman–Crippen LogP) is 2.34. The van der Waals surface area contributed by atoms with E-state index in [2.05, 4.69) is 30.0 Å². The van der Waals surface area contributed by atoms with Crippen molar-refractivity contribution in [1.29, 1.82) is 0 Å². The summed E-state index contributed by atoms with van der Waals surface area (Å²) in [5.41, 5.74) is 1.22. The number of carboxylic acids is 1. The number of thioether (sulfide) groups is 1. The maximum atomic E-state index is 10.5. The van der Waals surface area contributed by atoms with E-state index >= 15 is 0 Å². The zero-order valence-corrected chi connectivity index (χ0v) is 11.9. The smallest absolute Gasteiger partial charge is 0.313 e. The highest BCUT2D eigenvalue weighted by molar-refractivity contribution is 7.99. The molecule has 0 aliphatic rings. The predicted molar refractivity (Wildman–Crippen MR) is 72.1 cm³/mol. The number of nitrogens with zero attached hydrogens (tertiary/aromatic N) is 3. The molecule has 5 nitrogen and oxygen atoms in total. The summed E-state index contributed by atoms with van der Waals surface area (Å²) < 4.78 is 1.62. The van der Waals surface area contributed by atoms with Crippen LogP contribution in [0.3, 0.4) is 0 Å². The van der Waals surface area contributed by atoms with Gasteiger partial charge < -0.3 is 5.11 Å². The number of hydrogen-bond donors (Lipinski definition) is 1. The minimum atomic E-state index is -0.854. The zero-order valence-electron chi connectivity index (χ0n) is 10.3. The van der Waals surface area contributed by atoms with Gasteiger partial charge in [-0.15, -0.1) is 16.4 Å². The number of carboxylic acid groups (broad SMARTS) is 1. The molecule has 0 atom stereocenters. The number of rotatable bonds is 4. The third kappa shape index (κ3) is 2.73. The molecule has 0 saturated heterocycles. The van der Waals surface area contributed by atoms with Crippen LogP contribution in [0.5, 0.6) is 0 Å². The first kappa shape index (κ1) is 13.1. The van der Waals surface area contributed by atoms with E-state index in [-0.39, 0.29) is 5.75 Å². The second-order valence-electron chi connectivity index (χ2n) is 3.87. The lowest BCUT2D eigenvalue weighted by Crippen LogP contribution is -2.00. The largest absolute Gasteiger partial charge is 0.481 e. The molecule has 96 valence electrons. The van der Waals surface area contributed by atoms with E-state index in [0.29, 0.717) is 11.0 Å². The van der Waals surface area contributed by atoms with Crippen LogP contribution < -0.4 is 0 Å². The zero-order chi connectivity index (χ0) is 13.3. The molecule has 2 aromatic rings. The number of aromatic nitrogens is 3. The molecule has 0 bridgehead atoms. The van der Waals surface area contributed by atoms with Crippen LogP contribution in [-0.4, -0.2) is 31.6 Å². The standard InChI is InChI=1S/C11H13N3O2S2/c1-6-4-8(18-7(6)2)10-12-11(14(3)13-10)17-5-9(15)16/h4H,5H2,1-3H3,(H,15,16). The highest BCUT2D eigenvalue weighted by Gasteiger charge is 2.13. The Hall–Kier alpha value is -1.34. The van der Waals surface area contributed by atoms with E-state index in [1.165, 1.54) is 22.2 Å². The maximum absolute atomic E-state index is 10.5. The molecule has 0 aliphatic heterocycles. The van der Waals surface area contributed by atoms with Crippen molar-refractivity contribution in [2.24, 2.45) is 7.05 Å². The van der Waals surface area contributed by atoms with E-state index in [1.54, 1.807) is 23.1 Å². The summed E-state index contributed by atoms with van der Waals surface area (Å²) in [5.74, 6) is -0.201. The van der Waals surface area contributed by atoms with Gasteiger partial charge in [0.1, 0.15) is 0 Å². The van der Waals surface area contributed by atoms with E-state index in [4.69, 9.17) is 5.11 Å². The molecule has 0 unspecified atom stereocenters. The fourth-order valence-electron chi connectivity index (χ4n) is 1.41. The van der Waals surface area contributed by atoms with Gasteiger partial charge in [-0.2, -0.15) is 0 Å². The first-order chi connectivity index (χ1) is 8.47. The van der Waals surface area contributed by atoms with Gasteiger partial charge in [-0.05, 0) is 25.5 Å². The van der Waals surface area contributed by atoms with Crippen LogP contribution >= 0.6 is 23.1 Å². The van der Waals surface area contributed by atoms with Crippen LogP contribution in [0.15, 0.2) is 11.2 Å². The number of carbonyl (C=O) groups is 1. The van der Waals surface area contributed by atoms with Crippen molar-refractivity contribution in [1.82, 2.24) is 14.8 Å². The Labute approximate surface area is 113 Å². The Morgan fingerprint density at radius 1 is 1.56 bits per heavy atom. The van der Waals surface area contributed by atoms with Gasteiger partial charge in [-0.3, -0.25) is 4.79 Å². The van der Waals surface area contributed by atoms with E-state index < -0.39 is 5.97 Å². The molecule has 1 N–H and O–H groups in total. The molecule has 0 aliphatic carbocycles. The Morgan fingerprint density at radius 2 is 2.28 bits per heavy atom. The summed E-state index contributed by atoms with van der Waals surface area (Å²) in [6.45, 7) is 4.12. The Balaban J connectivity index is 2.25. The SMILES string of the molecule is Cc1cc(-c2nc(SCC(=O)O)n(C)n2)sc1C. The number of aliphatic carboxylic acids is 1. The molecule has 2 rings (SSSR count). The summed E-state index contributed by atoms with van der Waals surface area (Å²) in [6, 6.07) is 2.06. The Morgan fingerprint density at radius 3 is 2.83 bits per heavy atom. The van der Waals surface area contributed by atoms with Crippen molar-refractivity contribution in [2.45, 2.75) is 19.0 Å². The van der Waals surface area contributed by atoms with Crippen LogP contribution in [0, 0.1) is 13.8 Å². The van der Waals surface area contributed by atoms with Crippen molar-refractivity contribution >= 4 is 29.1 Å². The lowest BCUT2D eigenvalue weighted by Gasteiger charge is -1.94. The second-order valence-corrected chi connectivity index (χ2v) is 6.07. The summed E-state index contributed by atoms with van der Waals surface area (Å²) in [6.07, 6.45) is 0. The van der Waals surface area contributed by atoms with Gasteiger partial charge in [-0.25, -0.2) is 9.67 Å². The molecule has 0 amide bonds. The first-order valence-electron chi connectivity index (χ1n) is 5.30. The average Bonchev–Trinajstić information content (AvgIpc) is 2.81. The van der Waals surface area contributed by atoms with Crippen molar-refractivity contribution in [2.75, 3.05) is 5.75 Å². The van der Waals surface area contributed by atoms with Crippen LogP contribution in [0.2, 0.25) is 0 Å². The lowest BCUT2D eigenvalue weighted by atomic mass is 10.3. The molecule has 2 aromatic heterocycles. The molecule has 0 fully saturated rings. The minimum absolute atomic E-state index is 0.00549. The minimum Gasteiger partial charge on any atom is -0.481 e. The Bertz CT molecular complexity index is 570. The molecule has 18 heavy (non-hydrogen) atoms. The molecule has 7 heteroatoms. The Kier molecular flexibility index (Phi) is 3.72. The van der Waals surface area contributed by atoms with Gasteiger partial charge in [0.05, 0.1) is 10.6 Å². The summed E-state index contributed by atoms with van der Waals surface area (Å²) in [5, 5.41) is 13.6. The lowest BCUT2D eigenvalue weighted by molar-refractivity contribution is -0.133. The summed E-state index contributed by atoms with van der Waals surface area (Å²) >= 11 is 2.83. The second kappa shape index (κ2) is 5.11. The van der Waals surface area contributed by atoms with Gasteiger partial charge in [0.2, 0.25) is 0 Å². The fraction of sp³-hybridized carbons (Fsp3) is 0.364. The molecule has 0 spiro atoms. The van der Waals surface area contributed by atoms with Crippen molar-refractivity contribution in [3.05, 3.63) is 16.5 Å². The van der Waals surface area contributed by atoms with Crippen LogP contribution in [0.1, 0.15) is 10.4 Å². The number of hydrogen-bond acceptors (Lipinski definition) is 5.